The molecule has 0 saturated carbocycles. The van der Waals surface area contributed by atoms with E-state index in [1.807, 2.05) is 12.1 Å². The molecule has 1 fully saturated rings. The SMILES string of the molecule is O=C(OCc1ccccc1)C(CCCNC(=O)[C@@H]1O[C@H](CO)[C@H](O)[C@H](O)[C@H]1O)C(=O)OCc1ccccc1. The van der Waals surface area contributed by atoms with E-state index >= 15 is 0 Å². The van der Waals surface area contributed by atoms with Crippen molar-refractivity contribution in [3.63, 3.8) is 0 Å². The van der Waals surface area contributed by atoms with Crippen LogP contribution in [0.1, 0.15) is 24.0 Å². The molecule has 5 N–H and O–H groups in total. The second-order valence-corrected chi connectivity index (χ2v) is 8.92. The van der Waals surface area contributed by atoms with Crippen molar-refractivity contribution in [2.45, 2.75) is 56.6 Å². The standard InChI is InChI=1S/C27H33NO10/c29-14-20-21(30)22(31)23(32)24(38-20)25(33)28-13-7-12-19(26(34)36-15-17-8-3-1-4-9-17)27(35)37-16-18-10-5-2-6-11-18/h1-6,8-11,19-24,29-32H,7,12-16H2,(H,28,33)/t20-,21+,22+,23-,24-/m1/s1. The fourth-order valence-electron chi connectivity index (χ4n) is 3.93. The van der Waals surface area contributed by atoms with E-state index in [2.05, 4.69) is 5.32 Å². The topological polar surface area (TPSA) is 172 Å². The van der Waals surface area contributed by atoms with E-state index in [0.717, 1.165) is 11.1 Å². The monoisotopic (exact) mass is 531 g/mol. The second-order valence-electron chi connectivity index (χ2n) is 8.92. The van der Waals surface area contributed by atoms with Gasteiger partial charge in [0.25, 0.3) is 5.91 Å². The fourth-order valence-corrected chi connectivity index (χ4v) is 3.93. The summed E-state index contributed by atoms with van der Waals surface area (Å²) in [5.74, 6) is -3.53. The summed E-state index contributed by atoms with van der Waals surface area (Å²) >= 11 is 0. The van der Waals surface area contributed by atoms with Gasteiger partial charge in [-0.05, 0) is 24.0 Å². The highest BCUT2D eigenvalue weighted by Gasteiger charge is 2.46. The lowest BCUT2D eigenvalue weighted by Gasteiger charge is -2.39. The van der Waals surface area contributed by atoms with E-state index in [-0.39, 0.29) is 32.6 Å². The number of rotatable bonds is 12. The predicted molar refractivity (Wildman–Crippen MR) is 132 cm³/mol. The van der Waals surface area contributed by atoms with Gasteiger partial charge in [0.1, 0.15) is 37.6 Å². The van der Waals surface area contributed by atoms with Gasteiger partial charge in [-0.2, -0.15) is 0 Å². The molecular weight excluding hydrogens is 498 g/mol. The van der Waals surface area contributed by atoms with Gasteiger partial charge in [-0.25, -0.2) is 0 Å². The number of aliphatic hydroxyl groups is 4. The Morgan fingerprint density at radius 1 is 0.816 bits per heavy atom. The van der Waals surface area contributed by atoms with Crippen LogP contribution in [0.2, 0.25) is 0 Å². The molecule has 206 valence electrons. The molecule has 11 nitrogen and oxygen atoms in total. The van der Waals surface area contributed by atoms with Gasteiger partial charge in [0.05, 0.1) is 6.61 Å². The summed E-state index contributed by atoms with van der Waals surface area (Å²) in [5, 5.41) is 41.6. The first kappa shape index (κ1) is 29.2. The molecule has 5 atom stereocenters. The summed E-state index contributed by atoms with van der Waals surface area (Å²) < 4.78 is 15.9. The molecule has 3 rings (SSSR count). The Kier molecular flexibility index (Phi) is 11.2. The zero-order valence-corrected chi connectivity index (χ0v) is 20.7. The summed E-state index contributed by atoms with van der Waals surface area (Å²) in [6, 6.07) is 18.0. The van der Waals surface area contributed by atoms with Crippen LogP contribution in [0, 0.1) is 5.92 Å². The third kappa shape index (κ3) is 8.07. The molecule has 0 radical (unpaired) electrons. The highest BCUT2D eigenvalue weighted by Crippen LogP contribution is 2.21. The molecule has 0 unspecified atom stereocenters. The van der Waals surface area contributed by atoms with Crippen molar-refractivity contribution in [3.8, 4) is 0 Å². The zero-order valence-electron chi connectivity index (χ0n) is 20.7. The predicted octanol–water partition coefficient (Wildman–Crippen LogP) is -0.172. The minimum absolute atomic E-state index is 0.00227. The Labute approximate surface area is 220 Å². The van der Waals surface area contributed by atoms with Gasteiger partial charge in [-0.15, -0.1) is 0 Å². The molecule has 2 aromatic rings. The first-order valence-corrected chi connectivity index (χ1v) is 12.3. The number of nitrogens with one attached hydrogen (secondary N) is 1. The van der Waals surface area contributed by atoms with Gasteiger partial charge < -0.3 is 40.0 Å². The fraction of sp³-hybridized carbons (Fsp3) is 0.444. The first-order chi connectivity index (χ1) is 18.3. The molecule has 1 aliphatic rings. The first-order valence-electron chi connectivity index (χ1n) is 12.3. The normalized spacial score (nSPS) is 23.0. The average molecular weight is 532 g/mol. The van der Waals surface area contributed by atoms with Crippen molar-refractivity contribution in [1.82, 2.24) is 5.32 Å². The molecule has 1 heterocycles. The minimum Gasteiger partial charge on any atom is -0.460 e. The molecular formula is C27H33NO10. The van der Waals surface area contributed by atoms with Crippen LogP contribution in [-0.4, -0.2) is 81.9 Å². The minimum atomic E-state index is -1.71. The maximum atomic E-state index is 12.8. The Balaban J connectivity index is 1.55. The van der Waals surface area contributed by atoms with Crippen molar-refractivity contribution >= 4 is 17.8 Å². The van der Waals surface area contributed by atoms with E-state index in [9.17, 15) is 34.8 Å². The number of hydrogen-bond donors (Lipinski definition) is 5. The summed E-state index contributed by atoms with van der Waals surface area (Å²) in [6.07, 6.45) is -7.52. The van der Waals surface area contributed by atoms with E-state index in [4.69, 9.17) is 14.2 Å². The van der Waals surface area contributed by atoms with E-state index in [1.165, 1.54) is 0 Å². The Bertz CT molecular complexity index is 977. The summed E-state index contributed by atoms with van der Waals surface area (Å²) in [5.41, 5.74) is 1.51. The van der Waals surface area contributed by atoms with E-state index in [1.54, 1.807) is 48.5 Å². The van der Waals surface area contributed by atoms with Crippen LogP contribution in [0.5, 0.6) is 0 Å². The van der Waals surface area contributed by atoms with E-state index < -0.39 is 60.9 Å². The number of benzene rings is 2. The molecule has 1 saturated heterocycles. The van der Waals surface area contributed by atoms with Gasteiger partial charge >= 0.3 is 11.9 Å². The highest BCUT2D eigenvalue weighted by molar-refractivity contribution is 5.94. The van der Waals surface area contributed by atoms with Gasteiger partial charge in [-0.3, -0.25) is 14.4 Å². The number of carbonyl (C=O) groups is 3. The van der Waals surface area contributed by atoms with Gasteiger partial charge in [0.15, 0.2) is 12.0 Å². The average Bonchev–Trinajstić information content (AvgIpc) is 2.94. The molecule has 11 heteroatoms. The third-order valence-electron chi connectivity index (χ3n) is 6.14. The number of aliphatic hydroxyl groups excluding tert-OH is 4. The highest BCUT2D eigenvalue weighted by atomic mass is 16.6. The van der Waals surface area contributed by atoms with Crippen LogP contribution in [0.25, 0.3) is 0 Å². The summed E-state index contributed by atoms with van der Waals surface area (Å²) in [6.45, 7) is -0.694. The number of carbonyl (C=O) groups excluding carboxylic acids is 3. The molecule has 0 spiro atoms. The summed E-state index contributed by atoms with van der Waals surface area (Å²) in [7, 11) is 0. The van der Waals surface area contributed by atoms with Gasteiger partial charge in [0, 0.05) is 6.54 Å². The lowest BCUT2D eigenvalue weighted by Crippen LogP contribution is -2.62. The summed E-state index contributed by atoms with van der Waals surface area (Å²) in [4.78, 5) is 38.1. The van der Waals surface area contributed by atoms with Crippen LogP contribution >= 0.6 is 0 Å². The molecule has 0 bridgehead atoms. The maximum absolute atomic E-state index is 12.8. The molecule has 38 heavy (non-hydrogen) atoms. The molecule has 2 aromatic carbocycles. The lowest BCUT2D eigenvalue weighted by molar-refractivity contribution is -0.226. The lowest BCUT2D eigenvalue weighted by atomic mass is 9.94. The third-order valence-corrected chi connectivity index (χ3v) is 6.14. The second kappa shape index (κ2) is 14.6. The quantitative estimate of drug-likeness (QED) is 0.141. The van der Waals surface area contributed by atoms with Crippen molar-refractivity contribution in [1.29, 1.82) is 0 Å². The Hall–Kier alpha value is -3.35. The van der Waals surface area contributed by atoms with Crippen LogP contribution in [0.15, 0.2) is 60.7 Å². The van der Waals surface area contributed by atoms with Crippen LogP contribution in [0.4, 0.5) is 0 Å². The van der Waals surface area contributed by atoms with Crippen molar-refractivity contribution in [3.05, 3.63) is 71.8 Å². The van der Waals surface area contributed by atoms with Gasteiger partial charge in [-0.1, -0.05) is 60.7 Å². The van der Waals surface area contributed by atoms with Crippen molar-refractivity contribution in [2.24, 2.45) is 5.92 Å². The van der Waals surface area contributed by atoms with Crippen molar-refractivity contribution < 1.29 is 49.0 Å². The zero-order chi connectivity index (χ0) is 27.5. The molecule has 0 aliphatic carbocycles. The Morgan fingerprint density at radius 2 is 1.34 bits per heavy atom. The molecule has 0 aromatic heterocycles. The van der Waals surface area contributed by atoms with E-state index in [0.29, 0.717) is 0 Å². The maximum Gasteiger partial charge on any atom is 0.320 e. The number of ether oxygens (including phenoxy) is 3. The largest absolute Gasteiger partial charge is 0.460 e. The Morgan fingerprint density at radius 3 is 1.84 bits per heavy atom. The molecule has 1 amide bonds. The van der Waals surface area contributed by atoms with Crippen LogP contribution < -0.4 is 5.32 Å². The van der Waals surface area contributed by atoms with Crippen molar-refractivity contribution in [2.75, 3.05) is 13.2 Å². The van der Waals surface area contributed by atoms with Crippen LogP contribution in [0.3, 0.4) is 0 Å². The molecule has 1 aliphatic heterocycles. The van der Waals surface area contributed by atoms with Gasteiger partial charge in [0.2, 0.25) is 0 Å². The number of esters is 2. The number of amides is 1. The smallest absolute Gasteiger partial charge is 0.320 e. The van der Waals surface area contributed by atoms with Crippen LogP contribution in [-0.2, 0) is 41.8 Å². The number of hydrogen-bond acceptors (Lipinski definition) is 10.